The fraction of sp³-hybridized carbons (Fsp3) is 0.625. The lowest BCUT2D eigenvalue weighted by Crippen LogP contribution is -2.08. The van der Waals surface area contributed by atoms with Gasteiger partial charge in [0.1, 0.15) is 5.69 Å². The first-order chi connectivity index (χ1) is 9.20. The van der Waals surface area contributed by atoms with Gasteiger partial charge in [0.2, 0.25) is 0 Å². The van der Waals surface area contributed by atoms with Crippen molar-refractivity contribution in [3.05, 3.63) is 30.1 Å². The van der Waals surface area contributed by atoms with E-state index in [1.54, 1.807) is 24.4 Å². The summed E-state index contributed by atoms with van der Waals surface area (Å²) in [4.78, 5) is 15.5. The molecule has 1 aromatic heterocycles. The van der Waals surface area contributed by atoms with Crippen molar-refractivity contribution in [1.29, 1.82) is 0 Å². The van der Waals surface area contributed by atoms with E-state index < -0.39 is 0 Å². The third-order valence-electron chi connectivity index (χ3n) is 3.03. The van der Waals surface area contributed by atoms with Crippen molar-refractivity contribution in [1.82, 2.24) is 4.98 Å². The number of unbranched alkanes of at least 4 members (excludes halogenated alkanes) is 4. The molecule has 0 aliphatic carbocycles. The quantitative estimate of drug-likeness (QED) is 0.494. The van der Waals surface area contributed by atoms with Crippen molar-refractivity contribution in [2.45, 2.75) is 52.4 Å². The van der Waals surface area contributed by atoms with Crippen molar-refractivity contribution in [3.63, 3.8) is 0 Å². The molecular formula is C16H25NO2. The lowest BCUT2D eigenvalue weighted by Gasteiger charge is -2.05. The highest BCUT2D eigenvalue weighted by atomic mass is 16.5. The van der Waals surface area contributed by atoms with Crippen molar-refractivity contribution in [2.75, 3.05) is 6.61 Å². The Bertz CT molecular complexity index is 349. The molecule has 1 aromatic rings. The summed E-state index contributed by atoms with van der Waals surface area (Å²) in [6.07, 6.45) is 8.82. The van der Waals surface area contributed by atoms with E-state index in [9.17, 15) is 4.79 Å². The van der Waals surface area contributed by atoms with Crippen molar-refractivity contribution >= 4 is 5.97 Å². The second-order valence-electron chi connectivity index (χ2n) is 5.30. The molecule has 0 radical (unpaired) electrons. The van der Waals surface area contributed by atoms with Crippen LogP contribution in [0.25, 0.3) is 0 Å². The number of nitrogens with zero attached hydrogens (tertiary/aromatic N) is 1. The summed E-state index contributed by atoms with van der Waals surface area (Å²) in [6, 6.07) is 5.25. The Morgan fingerprint density at radius 1 is 1.16 bits per heavy atom. The lowest BCUT2D eigenvalue weighted by molar-refractivity contribution is 0.0490. The number of rotatable bonds is 9. The van der Waals surface area contributed by atoms with Gasteiger partial charge >= 0.3 is 5.97 Å². The van der Waals surface area contributed by atoms with Gasteiger partial charge in [0, 0.05) is 6.20 Å². The normalized spacial score (nSPS) is 10.7. The molecule has 0 aromatic carbocycles. The fourth-order valence-electron chi connectivity index (χ4n) is 1.91. The smallest absolute Gasteiger partial charge is 0.356 e. The molecule has 0 saturated carbocycles. The van der Waals surface area contributed by atoms with Gasteiger partial charge < -0.3 is 4.74 Å². The van der Waals surface area contributed by atoms with Crippen molar-refractivity contribution < 1.29 is 9.53 Å². The Hall–Kier alpha value is -1.38. The van der Waals surface area contributed by atoms with Crippen LogP contribution in [0.5, 0.6) is 0 Å². The minimum absolute atomic E-state index is 0.319. The van der Waals surface area contributed by atoms with Crippen LogP contribution in [0.4, 0.5) is 0 Å². The van der Waals surface area contributed by atoms with E-state index >= 15 is 0 Å². The van der Waals surface area contributed by atoms with Gasteiger partial charge in [-0.1, -0.05) is 52.0 Å². The van der Waals surface area contributed by atoms with E-state index in [-0.39, 0.29) is 5.97 Å². The molecule has 106 valence electrons. The zero-order valence-electron chi connectivity index (χ0n) is 12.1. The maximum atomic E-state index is 11.6. The number of carbonyl (C=O) groups is 1. The van der Waals surface area contributed by atoms with E-state index in [0.717, 1.165) is 18.8 Å². The lowest BCUT2D eigenvalue weighted by atomic mass is 10.0. The average molecular weight is 263 g/mol. The second-order valence-corrected chi connectivity index (χ2v) is 5.30. The van der Waals surface area contributed by atoms with Crippen LogP contribution in [0.2, 0.25) is 0 Å². The van der Waals surface area contributed by atoms with Crippen LogP contribution in [0.3, 0.4) is 0 Å². The van der Waals surface area contributed by atoms with E-state index in [0.29, 0.717) is 12.3 Å². The largest absolute Gasteiger partial charge is 0.461 e. The van der Waals surface area contributed by atoms with Crippen LogP contribution >= 0.6 is 0 Å². The van der Waals surface area contributed by atoms with Gasteiger partial charge in [-0.05, 0) is 24.5 Å². The molecule has 0 unspecified atom stereocenters. The molecule has 0 amide bonds. The van der Waals surface area contributed by atoms with Gasteiger partial charge in [0.15, 0.2) is 0 Å². The summed E-state index contributed by atoms with van der Waals surface area (Å²) in [6.45, 7) is 5.02. The van der Waals surface area contributed by atoms with Gasteiger partial charge in [-0.3, -0.25) is 0 Å². The van der Waals surface area contributed by atoms with Crippen LogP contribution in [0, 0.1) is 5.92 Å². The number of esters is 1. The summed E-state index contributed by atoms with van der Waals surface area (Å²) < 4.78 is 5.17. The number of aromatic nitrogens is 1. The molecule has 3 nitrogen and oxygen atoms in total. The molecule has 0 N–H and O–H groups in total. The van der Waals surface area contributed by atoms with Crippen LogP contribution in [0.1, 0.15) is 62.9 Å². The average Bonchev–Trinajstić information content (AvgIpc) is 2.42. The molecular weight excluding hydrogens is 238 g/mol. The molecule has 0 fully saturated rings. The predicted octanol–water partition coefficient (Wildman–Crippen LogP) is 4.24. The second kappa shape index (κ2) is 9.54. The summed E-state index contributed by atoms with van der Waals surface area (Å²) in [7, 11) is 0. The molecule has 0 bridgehead atoms. The number of hydrogen-bond acceptors (Lipinski definition) is 3. The zero-order valence-corrected chi connectivity index (χ0v) is 12.1. The maximum absolute atomic E-state index is 11.6. The van der Waals surface area contributed by atoms with E-state index in [1.807, 2.05) is 0 Å². The van der Waals surface area contributed by atoms with Crippen molar-refractivity contribution in [2.24, 2.45) is 5.92 Å². The highest BCUT2D eigenvalue weighted by Crippen LogP contribution is 2.10. The molecule has 1 heterocycles. The third kappa shape index (κ3) is 7.60. The molecule has 1 rings (SSSR count). The van der Waals surface area contributed by atoms with E-state index in [2.05, 4.69) is 18.8 Å². The minimum Gasteiger partial charge on any atom is -0.461 e. The molecule has 0 spiro atoms. The first-order valence-electron chi connectivity index (χ1n) is 7.28. The Morgan fingerprint density at radius 2 is 1.89 bits per heavy atom. The number of carbonyl (C=O) groups excluding carboxylic acids is 1. The van der Waals surface area contributed by atoms with Crippen LogP contribution in [-0.2, 0) is 4.74 Å². The Morgan fingerprint density at radius 3 is 2.58 bits per heavy atom. The highest BCUT2D eigenvalue weighted by molar-refractivity contribution is 5.87. The number of pyridine rings is 1. The molecule has 0 atom stereocenters. The Balaban J connectivity index is 1.98. The van der Waals surface area contributed by atoms with Crippen molar-refractivity contribution in [3.8, 4) is 0 Å². The Kier molecular flexibility index (Phi) is 7.87. The third-order valence-corrected chi connectivity index (χ3v) is 3.03. The first kappa shape index (κ1) is 15.7. The van der Waals surface area contributed by atoms with Gasteiger partial charge in [-0.2, -0.15) is 0 Å². The van der Waals surface area contributed by atoms with E-state index in [1.165, 1.54) is 25.7 Å². The standard InChI is InChI=1S/C16H25NO2/c1-14(2)10-6-4-3-5-9-13-19-16(18)15-11-7-8-12-17-15/h7-8,11-12,14H,3-6,9-10,13H2,1-2H3. The minimum atomic E-state index is -0.319. The number of hydrogen-bond donors (Lipinski definition) is 0. The van der Waals surface area contributed by atoms with Gasteiger partial charge in [0.25, 0.3) is 0 Å². The monoisotopic (exact) mass is 263 g/mol. The summed E-state index contributed by atoms with van der Waals surface area (Å²) >= 11 is 0. The predicted molar refractivity (Wildman–Crippen MR) is 77.1 cm³/mol. The SMILES string of the molecule is CC(C)CCCCCCCOC(=O)c1ccccn1. The summed E-state index contributed by atoms with van der Waals surface area (Å²) in [5, 5.41) is 0. The first-order valence-corrected chi connectivity index (χ1v) is 7.28. The summed E-state index contributed by atoms with van der Waals surface area (Å²) in [5.74, 6) is 0.486. The molecule has 3 heteroatoms. The van der Waals surface area contributed by atoms with Gasteiger partial charge in [0.05, 0.1) is 6.61 Å². The van der Waals surface area contributed by atoms with Crippen LogP contribution in [0.15, 0.2) is 24.4 Å². The fourth-order valence-corrected chi connectivity index (χ4v) is 1.91. The highest BCUT2D eigenvalue weighted by Gasteiger charge is 2.06. The van der Waals surface area contributed by atoms with Crippen LogP contribution in [-0.4, -0.2) is 17.6 Å². The summed E-state index contributed by atoms with van der Waals surface area (Å²) in [5.41, 5.74) is 0.388. The van der Waals surface area contributed by atoms with Gasteiger partial charge in [-0.25, -0.2) is 9.78 Å². The molecule has 0 aliphatic heterocycles. The van der Waals surface area contributed by atoms with E-state index in [4.69, 9.17) is 4.74 Å². The maximum Gasteiger partial charge on any atom is 0.356 e. The molecule has 19 heavy (non-hydrogen) atoms. The van der Waals surface area contributed by atoms with Gasteiger partial charge in [-0.15, -0.1) is 0 Å². The molecule has 0 aliphatic rings. The zero-order chi connectivity index (χ0) is 13.9. The molecule has 0 saturated heterocycles. The number of ether oxygens (including phenoxy) is 1. The topological polar surface area (TPSA) is 39.2 Å². The Labute approximate surface area is 116 Å². The van der Waals surface area contributed by atoms with Crippen LogP contribution < -0.4 is 0 Å².